The second kappa shape index (κ2) is 19.3. The molecule has 0 aromatic heterocycles. The summed E-state index contributed by atoms with van der Waals surface area (Å²) < 4.78 is 29.2. The molecule has 0 unspecified atom stereocenters. The van der Waals surface area contributed by atoms with Gasteiger partial charge in [0.1, 0.15) is 6.10 Å². The van der Waals surface area contributed by atoms with Crippen molar-refractivity contribution in [2.45, 2.75) is 140 Å². The Morgan fingerprint density at radius 1 is 0.548 bits per heavy atom. The van der Waals surface area contributed by atoms with Crippen molar-refractivity contribution in [3.05, 3.63) is 157 Å². The first kappa shape index (κ1) is 45.9. The van der Waals surface area contributed by atoms with Gasteiger partial charge < -0.3 is 18.3 Å². The predicted octanol–water partition coefficient (Wildman–Crippen LogP) is 10.5. The fourth-order valence-corrected chi connectivity index (χ4v) is 20.1. The average Bonchev–Trinajstić information content (AvgIpc) is 3.27. The summed E-state index contributed by atoms with van der Waals surface area (Å²) in [6.07, 6.45) is 4.46. The zero-order valence-electron chi connectivity index (χ0n) is 38.5. The van der Waals surface area contributed by atoms with Gasteiger partial charge in [-0.2, -0.15) is 0 Å². The van der Waals surface area contributed by atoms with Crippen molar-refractivity contribution in [2.24, 2.45) is 5.92 Å². The first-order valence-corrected chi connectivity index (χ1v) is 26.9. The van der Waals surface area contributed by atoms with Crippen LogP contribution in [-0.4, -0.2) is 53.6 Å². The van der Waals surface area contributed by atoms with Gasteiger partial charge in [0.05, 0.1) is 31.3 Å². The van der Waals surface area contributed by atoms with E-state index in [1.165, 1.54) is 26.3 Å². The molecule has 0 N–H and O–H groups in total. The molecular formula is C55H70O5Si2. The lowest BCUT2D eigenvalue weighted by molar-refractivity contribution is -0.168. The normalized spacial score (nSPS) is 21.6. The van der Waals surface area contributed by atoms with Crippen LogP contribution in [0.2, 0.25) is 10.1 Å². The lowest BCUT2D eigenvalue weighted by Crippen LogP contribution is -2.69. The Kier molecular flexibility index (Phi) is 14.3. The Balaban J connectivity index is 1.22. The summed E-state index contributed by atoms with van der Waals surface area (Å²) in [5.41, 5.74) is 1.14. The van der Waals surface area contributed by atoms with Crippen LogP contribution in [0.4, 0.5) is 0 Å². The lowest BCUT2D eigenvalue weighted by atomic mass is 9.66. The highest BCUT2D eigenvalue weighted by atomic mass is 28.4. The number of hydrogen-bond acceptors (Lipinski definition) is 5. The zero-order chi connectivity index (χ0) is 44.0. The van der Waals surface area contributed by atoms with E-state index in [1.54, 1.807) is 0 Å². The maximum Gasteiger partial charge on any atom is 0.308 e. The van der Waals surface area contributed by atoms with E-state index >= 15 is 0 Å². The van der Waals surface area contributed by atoms with Crippen LogP contribution in [-0.2, 0) is 28.5 Å². The minimum absolute atomic E-state index is 0.119. The van der Waals surface area contributed by atoms with E-state index in [2.05, 4.69) is 207 Å². The minimum atomic E-state index is -2.99. The quantitative estimate of drug-likeness (QED) is 0.0822. The van der Waals surface area contributed by atoms with Crippen molar-refractivity contribution in [3.8, 4) is 0 Å². The highest BCUT2D eigenvalue weighted by Crippen LogP contribution is 2.44. The number of rotatable bonds is 14. The molecule has 328 valence electrons. The summed E-state index contributed by atoms with van der Waals surface area (Å²) in [4.78, 5) is 14.6. The molecular weight excluding hydrogens is 797 g/mol. The molecule has 2 aliphatic rings. The molecule has 1 aliphatic carbocycles. The molecule has 0 spiro atoms. The van der Waals surface area contributed by atoms with Crippen molar-refractivity contribution in [3.63, 3.8) is 0 Å². The van der Waals surface area contributed by atoms with E-state index in [0.717, 1.165) is 38.5 Å². The number of carbonyl (C=O) groups is 1. The lowest BCUT2D eigenvalue weighted by Gasteiger charge is -2.48. The second-order valence-electron chi connectivity index (χ2n) is 20.4. The number of ether oxygens (including phenoxy) is 2. The van der Waals surface area contributed by atoms with Crippen molar-refractivity contribution in [2.75, 3.05) is 6.61 Å². The van der Waals surface area contributed by atoms with Crippen LogP contribution in [0.15, 0.2) is 152 Å². The molecule has 7 heteroatoms. The van der Waals surface area contributed by atoms with Crippen molar-refractivity contribution < 1.29 is 23.1 Å². The highest BCUT2D eigenvalue weighted by Gasteiger charge is 2.54. The van der Waals surface area contributed by atoms with Gasteiger partial charge in [-0.3, -0.25) is 4.79 Å². The summed E-state index contributed by atoms with van der Waals surface area (Å²) in [6, 6.07) is 53.9. The van der Waals surface area contributed by atoms with Crippen LogP contribution in [0.1, 0.15) is 106 Å². The van der Waals surface area contributed by atoms with E-state index in [1.807, 2.05) is 0 Å². The third-order valence-corrected chi connectivity index (χ3v) is 24.1. The van der Waals surface area contributed by atoms with E-state index in [9.17, 15) is 4.79 Å². The van der Waals surface area contributed by atoms with Crippen LogP contribution < -0.4 is 20.7 Å². The molecule has 5 aromatic rings. The van der Waals surface area contributed by atoms with Crippen molar-refractivity contribution in [1.82, 2.24) is 0 Å². The first-order chi connectivity index (χ1) is 29.7. The molecule has 1 heterocycles. The maximum atomic E-state index is 14.6. The van der Waals surface area contributed by atoms with Crippen LogP contribution in [0, 0.1) is 5.92 Å². The van der Waals surface area contributed by atoms with Crippen molar-refractivity contribution >= 4 is 43.4 Å². The van der Waals surface area contributed by atoms with Gasteiger partial charge in [0, 0.05) is 5.92 Å². The fraction of sp³-hybridized carbons (Fsp3) is 0.436. The smallest absolute Gasteiger partial charge is 0.308 e. The molecule has 1 saturated heterocycles. The number of benzene rings is 5. The van der Waals surface area contributed by atoms with Gasteiger partial charge in [0.2, 0.25) is 0 Å². The molecule has 5 aromatic carbocycles. The highest BCUT2D eigenvalue weighted by molar-refractivity contribution is 7.00. The standard InChI is InChI=1S/C55H70O5Si2/c1-53(2,3)61(44-28-16-10-17-29-44,45-30-18-11-19-31-45)57-41-43-38-39-50(60-62(54(4,5)6,46-32-20-12-21-33-46)47-34-22-13-23-35-47)51(58-43)40-52(56)59-49-37-25-24-36-48(49)55(7,8)42-26-14-9-15-27-42/h9-23,26-35,43,48-51H,24-25,36-41H2,1-8H3/t43-,48+,49+,50-,51-/m1/s1. The van der Waals surface area contributed by atoms with Gasteiger partial charge in [0.25, 0.3) is 16.6 Å². The number of hydrogen-bond donors (Lipinski definition) is 0. The topological polar surface area (TPSA) is 54.0 Å². The third kappa shape index (κ3) is 9.53. The first-order valence-electron chi connectivity index (χ1n) is 23.1. The molecule has 0 amide bonds. The Labute approximate surface area is 374 Å². The molecule has 0 radical (unpaired) electrons. The van der Waals surface area contributed by atoms with Gasteiger partial charge in [-0.25, -0.2) is 0 Å². The number of carbonyl (C=O) groups excluding carboxylic acids is 1. The van der Waals surface area contributed by atoms with E-state index < -0.39 is 22.7 Å². The van der Waals surface area contributed by atoms with Gasteiger partial charge in [-0.15, -0.1) is 0 Å². The largest absolute Gasteiger partial charge is 0.462 e. The Morgan fingerprint density at radius 3 is 1.45 bits per heavy atom. The van der Waals surface area contributed by atoms with Gasteiger partial charge in [-0.1, -0.05) is 213 Å². The van der Waals surface area contributed by atoms with E-state index in [4.69, 9.17) is 18.3 Å². The number of esters is 1. The SMILES string of the molecule is CC(C)(c1ccccc1)[C@H]1CCCC[C@@H]1OC(=O)C[C@H]1O[C@@H](CO[Si](c2ccccc2)(c2ccccc2)C(C)(C)C)CC[C@H]1O[Si](c1ccccc1)(c1ccccc1)C(C)(C)C. The minimum Gasteiger partial charge on any atom is -0.462 e. The van der Waals surface area contributed by atoms with E-state index in [-0.39, 0.29) is 52.1 Å². The Bertz CT molecular complexity index is 2070. The van der Waals surface area contributed by atoms with Gasteiger partial charge in [-0.05, 0) is 73.9 Å². The summed E-state index contributed by atoms with van der Waals surface area (Å²) in [6.45, 7) is 18.9. The summed E-state index contributed by atoms with van der Waals surface area (Å²) in [7, 11) is -5.82. The van der Waals surface area contributed by atoms with Crippen LogP contribution >= 0.6 is 0 Å². The predicted molar refractivity (Wildman–Crippen MR) is 260 cm³/mol. The zero-order valence-corrected chi connectivity index (χ0v) is 40.5. The molecule has 7 rings (SSSR count). The summed E-state index contributed by atoms with van der Waals surface area (Å²) in [5, 5.41) is 4.50. The average molecular weight is 867 g/mol. The molecule has 62 heavy (non-hydrogen) atoms. The molecule has 5 atom stereocenters. The second-order valence-corrected chi connectivity index (χ2v) is 28.9. The third-order valence-electron chi connectivity index (χ3n) is 14.0. The molecule has 1 saturated carbocycles. The van der Waals surface area contributed by atoms with Gasteiger partial charge >= 0.3 is 5.97 Å². The Morgan fingerprint density at radius 2 is 0.984 bits per heavy atom. The van der Waals surface area contributed by atoms with Crippen LogP contribution in [0.3, 0.4) is 0 Å². The van der Waals surface area contributed by atoms with Crippen LogP contribution in [0.25, 0.3) is 0 Å². The fourth-order valence-electron chi connectivity index (χ4n) is 10.8. The van der Waals surface area contributed by atoms with Gasteiger partial charge in [0.15, 0.2) is 0 Å². The maximum absolute atomic E-state index is 14.6. The van der Waals surface area contributed by atoms with Crippen LogP contribution in [0.5, 0.6) is 0 Å². The monoisotopic (exact) mass is 866 g/mol. The van der Waals surface area contributed by atoms with Crippen molar-refractivity contribution in [1.29, 1.82) is 0 Å². The summed E-state index contributed by atoms with van der Waals surface area (Å²) >= 11 is 0. The molecule has 0 bridgehead atoms. The molecule has 2 fully saturated rings. The molecule has 5 nitrogen and oxygen atoms in total. The molecule has 1 aliphatic heterocycles. The Hall–Kier alpha value is -4.12. The summed E-state index contributed by atoms with van der Waals surface area (Å²) in [5.74, 6) is 0.00648. The van der Waals surface area contributed by atoms with E-state index in [0.29, 0.717) is 6.61 Å².